The molecule has 3 aromatic carbocycles. The van der Waals surface area contributed by atoms with Gasteiger partial charge in [-0.1, -0.05) is 36.4 Å². The van der Waals surface area contributed by atoms with Crippen LogP contribution in [0.3, 0.4) is 0 Å². The van der Waals surface area contributed by atoms with Gasteiger partial charge in [0.05, 0.1) is 10.5 Å². The Morgan fingerprint density at radius 3 is 2.75 bits per heavy atom. The molecule has 4 aromatic rings. The monoisotopic (exact) mass is 447 g/mol. The predicted octanol–water partition coefficient (Wildman–Crippen LogP) is 6.04. The maximum atomic E-state index is 13.3. The van der Waals surface area contributed by atoms with Gasteiger partial charge in [0, 0.05) is 17.5 Å². The van der Waals surface area contributed by atoms with Crippen LogP contribution in [0, 0.1) is 5.82 Å². The lowest BCUT2D eigenvalue weighted by Crippen LogP contribution is -2.00. The number of ketones is 1. The highest BCUT2D eigenvalue weighted by atomic mass is 35.5. The SMILES string of the molecule is C=CC(=O)Cc1ccc2ncnc(Nc3ccc(OCc4cccc(F)c4)c(Cl)c3)c2c1. The van der Waals surface area contributed by atoms with Crippen molar-refractivity contribution in [1.82, 2.24) is 9.97 Å². The molecule has 0 spiro atoms. The number of anilines is 2. The average Bonchev–Trinajstić information content (AvgIpc) is 2.79. The minimum Gasteiger partial charge on any atom is -0.487 e. The topological polar surface area (TPSA) is 64.1 Å². The number of benzene rings is 3. The third-order valence-corrected chi connectivity index (χ3v) is 5.08. The molecule has 1 aromatic heterocycles. The molecule has 0 saturated carbocycles. The lowest BCUT2D eigenvalue weighted by Gasteiger charge is -2.12. The molecule has 0 bridgehead atoms. The highest BCUT2D eigenvalue weighted by Crippen LogP contribution is 2.31. The molecule has 0 radical (unpaired) electrons. The van der Waals surface area contributed by atoms with Crippen molar-refractivity contribution in [2.75, 3.05) is 5.32 Å². The second-order valence-corrected chi connectivity index (χ2v) is 7.52. The number of aromatic nitrogens is 2. The van der Waals surface area contributed by atoms with Crippen LogP contribution in [0.2, 0.25) is 5.02 Å². The number of hydrogen-bond acceptors (Lipinski definition) is 5. The molecule has 7 heteroatoms. The predicted molar refractivity (Wildman–Crippen MR) is 124 cm³/mol. The van der Waals surface area contributed by atoms with Crippen LogP contribution in [-0.2, 0) is 17.8 Å². The molecule has 0 aliphatic carbocycles. The third kappa shape index (κ3) is 5.10. The Labute approximate surface area is 189 Å². The second kappa shape index (κ2) is 9.58. The molecule has 1 heterocycles. The van der Waals surface area contributed by atoms with Crippen molar-refractivity contribution >= 4 is 39.8 Å². The standard InChI is InChI=1S/C25H19ClFN3O2/c1-2-20(31)11-16-6-8-23-21(12-16)25(29-15-28-23)30-19-7-9-24(22(26)13-19)32-14-17-4-3-5-18(27)10-17/h2-10,12-13,15H,1,11,14H2,(H,28,29,30). The summed E-state index contributed by atoms with van der Waals surface area (Å²) in [4.78, 5) is 20.3. The van der Waals surface area contributed by atoms with Crippen LogP contribution < -0.4 is 10.1 Å². The Morgan fingerprint density at radius 2 is 1.97 bits per heavy atom. The van der Waals surface area contributed by atoms with Crippen molar-refractivity contribution in [1.29, 1.82) is 0 Å². The number of nitrogens with one attached hydrogen (secondary N) is 1. The molecule has 5 nitrogen and oxygen atoms in total. The molecular weight excluding hydrogens is 429 g/mol. The number of halogens is 2. The number of carbonyl (C=O) groups is 1. The van der Waals surface area contributed by atoms with Crippen LogP contribution in [0.4, 0.5) is 15.9 Å². The number of carbonyl (C=O) groups excluding carboxylic acids is 1. The summed E-state index contributed by atoms with van der Waals surface area (Å²) in [6.07, 6.45) is 3.04. The summed E-state index contributed by atoms with van der Waals surface area (Å²) in [6.45, 7) is 3.72. The molecule has 1 N–H and O–H groups in total. The molecule has 0 saturated heterocycles. The van der Waals surface area contributed by atoms with E-state index in [-0.39, 0.29) is 24.6 Å². The normalized spacial score (nSPS) is 10.7. The Kier molecular flexibility index (Phi) is 6.42. The van der Waals surface area contributed by atoms with Crippen LogP contribution >= 0.6 is 11.6 Å². The van der Waals surface area contributed by atoms with Crippen molar-refractivity contribution in [3.8, 4) is 5.75 Å². The molecule has 160 valence electrons. The summed E-state index contributed by atoms with van der Waals surface area (Å²) >= 11 is 6.39. The first-order chi connectivity index (χ1) is 15.5. The van der Waals surface area contributed by atoms with Crippen LogP contribution in [-0.4, -0.2) is 15.8 Å². The largest absolute Gasteiger partial charge is 0.487 e. The highest BCUT2D eigenvalue weighted by Gasteiger charge is 2.09. The first-order valence-electron chi connectivity index (χ1n) is 9.84. The fourth-order valence-electron chi connectivity index (χ4n) is 3.21. The molecule has 0 fully saturated rings. The van der Waals surface area contributed by atoms with Crippen molar-refractivity contribution in [2.45, 2.75) is 13.0 Å². The molecule has 0 amide bonds. The van der Waals surface area contributed by atoms with Gasteiger partial charge in [0.15, 0.2) is 5.78 Å². The highest BCUT2D eigenvalue weighted by molar-refractivity contribution is 6.32. The fraction of sp³-hybridized carbons (Fsp3) is 0.0800. The van der Waals surface area contributed by atoms with Crippen LogP contribution in [0.25, 0.3) is 10.9 Å². The van der Waals surface area contributed by atoms with Gasteiger partial charge in [-0.15, -0.1) is 0 Å². The molecule has 4 rings (SSSR count). The van der Waals surface area contributed by atoms with E-state index in [0.29, 0.717) is 27.8 Å². The van der Waals surface area contributed by atoms with Gasteiger partial charge >= 0.3 is 0 Å². The molecular formula is C25H19ClFN3O2. The zero-order chi connectivity index (χ0) is 22.5. The Hall–Kier alpha value is -3.77. The maximum Gasteiger partial charge on any atom is 0.159 e. The minimum absolute atomic E-state index is 0.0590. The maximum absolute atomic E-state index is 13.3. The van der Waals surface area contributed by atoms with E-state index < -0.39 is 0 Å². The number of ether oxygens (including phenoxy) is 1. The van der Waals surface area contributed by atoms with Gasteiger partial charge in [0.25, 0.3) is 0 Å². The summed E-state index contributed by atoms with van der Waals surface area (Å²) in [5, 5.41) is 4.43. The lowest BCUT2D eigenvalue weighted by atomic mass is 10.1. The summed E-state index contributed by atoms with van der Waals surface area (Å²) in [6, 6.07) is 17.1. The molecule has 0 aliphatic heterocycles. The summed E-state index contributed by atoms with van der Waals surface area (Å²) in [5.74, 6) is 0.703. The first kappa shape index (κ1) is 21.5. The Bertz CT molecular complexity index is 1310. The van der Waals surface area contributed by atoms with Gasteiger partial charge in [-0.25, -0.2) is 14.4 Å². The second-order valence-electron chi connectivity index (χ2n) is 7.11. The summed E-state index contributed by atoms with van der Waals surface area (Å²) in [5.41, 5.74) is 3.01. The van der Waals surface area contributed by atoms with Crippen molar-refractivity contribution in [3.05, 3.63) is 102 Å². The van der Waals surface area contributed by atoms with E-state index in [0.717, 1.165) is 16.5 Å². The van der Waals surface area contributed by atoms with E-state index in [2.05, 4.69) is 21.9 Å². The lowest BCUT2D eigenvalue weighted by molar-refractivity contribution is -0.114. The van der Waals surface area contributed by atoms with E-state index in [9.17, 15) is 9.18 Å². The van der Waals surface area contributed by atoms with Gasteiger partial charge in [-0.3, -0.25) is 4.79 Å². The zero-order valence-electron chi connectivity index (χ0n) is 17.0. The number of hydrogen-bond donors (Lipinski definition) is 1. The summed E-state index contributed by atoms with van der Waals surface area (Å²) < 4.78 is 19.1. The van der Waals surface area contributed by atoms with Crippen molar-refractivity contribution < 1.29 is 13.9 Å². The van der Waals surface area contributed by atoms with E-state index in [1.807, 2.05) is 24.3 Å². The number of allylic oxidation sites excluding steroid dienone is 1. The van der Waals surface area contributed by atoms with Gasteiger partial charge in [-0.05, 0) is 59.7 Å². The van der Waals surface area contributed by atoms with Crippen LogP contribution in [0.15, 0.2) is 79.6 Å². The van der Waals surface area contributed by atoms with Gasteiger partial charge in [0.2, 0.25) is 0 Å². The van der Waals surface area contributed by atoms with E-state index >= 15 is 0 Å². The molecule has 32 heavy (non-hydrogen) atoms. The molecule has 0 aliphatic rings. The minimum atomic E-state index is -0.314. The smallest absolute Gasteiger partial charge is 0.159 e. The van der Waals surface area contributed by atoms with Crippen molar-refractivity contribution in [2.24, 2.45) is 0 Å². The number of rotatable bonds is 8. The first-order valence-corrected chi connectivity index (χ1v) is 10.2. The zero-order valence-corrected chi connectivity index (χ0v) is 17.8. The Balaban J connectivity index is 1.53. The number of fused-ring (bicyclic) bond motifs is 1. The Morgan fingerprint density at radius 1 is 1.09 bits per heavy atom. The summed E-state index contributed by atoms with van der Waals surface area (Å²) in [7, 11) is 0. The third-order valence-electron chi connectivity index (χ3n) is 4.78. The van der Waals surface area contributed by atoms with Crippen molar-refractivity contribution in [3.63, 3.8) is 0 Å². The average molecular weight is 448 g/mol. The number of nitrogens with zero attached hydrogens (tertiary/aromatic N) is 2. The quantitative estimate of drug-likeness (QED) is 0.333. The van der Waals surface area contributed by atoms with E-state index in [1.54, 1.807) is 24.3 Å². The van der Waals surface area contributed by atoms with E-state index in [4.69, 9.17) is 16.3 Å². The van der Waals surface area contributed by atoms with E-state index in [1.165, 1.54) is 24.5 Å². The van der Waals surface area contributed by atoms with Crippen LogP contribution in [0.1, 0.15) is 11.1 Å². The fourth-order valence-corrected chi connectivity index (χ4v) is 3.44. The van der Waals surface area contributed by atoms with Crippen LogP contribution in [0.5, 0.6) is 5.75 Å². The molecule has 0 atom stereocenters. The van der Waals surface area contributed by atoms with Gasteiger partial charge in [-0.2, -0.15) is 0 Å². The van der Waals surface area contributed by atoms with Gasteiger partial charge in [0.1, 0.15) is 30.3 Å². The van der Waals surface area contributed by atoms with Gasteiger partial charge < -0.3 is 10.1 Å². The molecule has 0 unspecified atom stereocenters.